The van der Waals surface area contributed by atoms with E-state index in [2.05, 4.69) is 15.9 Å². The minimum atomic E-state index is -0.454. The highest BCUT2D eigenvalue weighted by atomic mass is 79.9. The number of nitrogens with two attached hydrogens (primary N) is 1. The second kappa shape index (κ2) is 4.16. The average molecular weight is 270 g/mol. The van der Waals surface area contributed by atoms with Crippen molar-refractivity contribution in [3.8, 4) is 0 Å². The number of halogens is 2. The highest BCUT2D eigenvalue weighted by Crippen LogP contribution is 2.28. The zero-order valence-electron chi connectivity index (χ0n) is 7.78. The van der Waals surface area contributed by atoms with Gasteiger partial charge in [-0.2, -0.15) is 0 Å². The van der Waals surface area contributed by atoms with Gasteiger partial charge in [-0.1, -0.05) is 12.1 Å². The molecule has 0 bridgehead atoms. The fourth-order valence-electron chi connectivity index (χ4n) is 1.38. The molecule has 0 spiro atoms. The summed E-state index contributed by atoms with van der Waals surface area (Å²) in [4.78, 5) is 0. The van der Waals surface area contributed by atoms with Crippen molar-refractivity contribution in [3.05, 3.63) is 58.2 Å². The van der Waals surface area contributed by atoms with Gasteiger partial charge in [0.15, 0.2) is 0 Å². The fourth-order valence-corrected chi connectivity index (χ4v) is 1.89. The Hall–Kier alpha value is -1.13. The van der Waals surface area contributed by atoms with E-state index in [1.807, 2.05) is 0 Å². The van der Waals surface area contributed by atoms with Crippen LogP contribution in [-0.4, -0.2) is 0 Å². The van der Waals surface area contributed by atoms with Crippen molar-refractivity contribution < 1.29 is 8.81 Å². The zero-order valence-corrected chi connectivity index (χ0v) is 9.37. The van der Waals surface area contributed by atoms with Crippen LogP contribution in [0.4, 0.5) is 4.39 Å². The summed E-state index contributed by atoms with van der Waals surface area (Å²) in [6.45, 7) is 0. The van der Waals surface area contributed by atoms with Crippen molar-refractivity contribution in [2.24, 2.45) is 5.73 Å². The molecule has 1 unspecified atom stereocenters. The number of rotatable bonds is 2. The Morgan fingerprint density at radius 1 is 1.27 bits per heavy atom. The summed E-state index contributed by atoms with van der Waals surface area (Å²) in [5, 5.41) is 0. The topological polar surface area (TPSA) is 39.2 Å². The molecule has 0 fully saturated rings. The van der Waals surface area contributed by atoms with Gasteiger partial charge in [0.25, 0.3) is 0 Å². The van der Waals surface area contributed by atoms with Gasteiger partial charge in [-0.3, -0.25) is 0 Å². The van der Waals surface area contributed by atoms with Gasteiger partial charge in [0, 0.05) is 0 Å². The molecule has 1 aromatic heterocycles. The summed E-state index contributed by atoms with van der Waals surface area (Å²) >= 11 is 3.17. The first-order valence-corrected chi connectivity index (χ1v) is 5.22. The van der Waals surface area contributed by atoms with Crippen LogP contribution in [-0.2, 0) is 0 Å². The van der Waals surface area contributed by atoms with E-state index in [1.54, 1.807) is 30.5 Å². The van der Waals surface area contributed by atoms with Crippen LogP contribution in [0.15, 0.2) is 45.5 Å². The maximum absolute atomic E-state index is 13.2. The lowest BCUT2D eigenvalue weighted by Gasteiger charge is -2.11. The molecule has 78 valence electrons. The molecule has 2 aromatic rings. The van der Waals surface area contributed by atoms with Gasteiger partial charge >= 0.3 is 0 Å². The third-order valence-electron chi connectivity index (χ3n) is 2.17. The molecule has 0 aliphatic carbocycles. The summed E-state index contributed by atoms with van der Waals surface area (Å²) in [6, 6.07) is 7.83. The van der Waals surface area contributed by atoms with Crippen LogP contribution in [0, 0.1) is 5.82 Å². The lowest BCUT2D eigenvalue weighted by Crippen LogP contribution is -2.12. The number of furan rings is 1. The Morgan fingerprint density at radius 3 is 2.73 bits per heavy atom. The van der Waals surface area contributed by atoms with Gasteiger partial charge in [0.2, 0.25) is 0 Å². The van der Waals surface area contributed by atoms with Crippen LogP contribution >= 0.6 is 15.9 Å². The molecule has 0 aliphatic rings. The Bertz CT molecular complexity index is 456. The maximum Gasteiger partial charge on any atom is 0.137 e. The van der Waals surface area contributed by atoms with Crippen molar-refractivity contribution in [2.45, 2.75) is 6.04 Å². The van der Waals surface area contributed by atoms with E-state index in [4.69, 9.17) is 10.2 Å². The smallest absolute Gasteiger partial charge is 0.137 e. The fraction of sp³-hybridized carbons (Fsp3) is 0.0909. The van der Waals surface area contributed by atoms with E-state index in [-0.39, 0.29) is 5.82 Å². The van der Waals surface area contributed by atoms with Gasteiger partial charge in [-0.25, -0.2) is 4.39 Å². The zero-order chi connectivity index (χ0) is 10.8. The standard InChI is InChI=1S/C11H9BrFNO/c12-10-7(3-1-4-8(10)13)11(14)9-5-2-6-15-9/h1-6,11H,14H2. The van der Waals surface area contributed by atoms with E-state index in [0.717, 1.165) is 0 Å². The minimum absolute atomic E-state index is 0.325. The molecule has 15 heavy (non-hydrogen) atoms. The number of hydrogen-bond donors (Lipinski definition) is 1. The van der Waals surface area contributed by atoms with Gasteiger partial charge < -0.3 is 10.2 Å². The molecule has 4 heteroatoms. The third kappa shape index (κ3) is 1.96. The van der Waals surface area contributed by atoms with Crippen molar-refractivity contribution in [2.75, 3.05) is 0 Å². The first-order valence-electron chi connectivity index (χ1n) is 4.43. The Balaban J connectivity index is 2.42. The molecule has 0 amide bonds. The molecule has 2 rings (SSSR count). The predicted molar refractivity (Wildman–Crippen MR) is 58.8 cm³/mol. The van der Waals surface area contributed by atoms with Crippen LogP contribution < -0.4 is 5.73 Å². The molecule has 0 radical (unpaired) electrons. The summed E-state index contributed by atoms with van der Waals surface area (Å²) < 4.78 is 18.8. The summed E-state index contributed by atoms with van der Waals surface area (Å²) in [7, 11) is 0. The Labute approximate surface area is 95.0 Å². The summed E-state index contributed by atoms with van der Waals surface area (Å²) in [6.07, 6.45) is 1.54. The predicted octanol–water partition coefficient (Wildman–Crippen LogP) is 3.23. The van der Waals surface area contributed by atoms with Gasteiger partial charge in [-0.05, 0) is 39.7 Å². The highest BCUT2D eigenvalue weighted by Gasteiger charge is 2.16. The van der Waals surface area contributed by atoms with E-state index >= 15 is 0 Å². The van der Waals surface area contributed by atoms with Crippen molar-refractivity contribution >= 4 is 15.9 Å². The molecule has 1 heterocycles. The van der Waals surface area contributed by atoms with Gasteiger partial charge in [-0.15, -0.1) is 0 Å². The van der Waals surface area contributed by atoms with Crippen molar-refractivity contribution in [1.82, 2.24) is 0 Å². The number of benzene rings is 1. The second-order valence-electron chi connectivity index (χ2n) is 3.14. The first-order chi connectivity index (χ1) is 7.20. The summed E-state index contributed by atoms with van der Waals surface area (Å²) in [5.74, 6) is 0.288. The molecule has 2 N–H and O–H groups in total. The molecular weight excluding hydrogens is 261 g/mol. The molecule has 1 atom stereocenters. The molecule has 2 nitrogen and oxygen atoms in total. The summed E-state index contributed by atoms with van der Waals surface area (Å²) in [5.41, 5.74) is 6.61. The molecular formula is C11H9BrFNO. The lowest BCUT2D eigenvalue weighted by atomic mass is 10.1. The average Bonchev–Trinajstić information content (AvgIpc) is 2.74. The van der Waals surface area contributed by atoms with Gasteiger partial charge in [0.1, 0.15) is 11.6 Å². The molecule has 1 aromatic carbocycles. The number of hydrogen-bond acceptors (Lipinski definition) is 2. The first kappa shape index (κ1) is 10.4. The molecule has 0 saturated carbocycles. The van der Waals surface area contributed by atoms with Crippen LogP contribution in [0.3, 0.4) is 0 Å². The van der Waals surface area contributed by atoms with E-state index in [9.17, 15) is 4.39 Å². The van der Waals surface area contributed by atoms with E-state index in [1.165, 1.54) is 6.07 Å². The second-order valence-corrected chi connectivity index (χ2v) is 3.93. The maximum atomic E-state index is 13.2. The normalized spacial score (nSPS) is 12.7. The largest absolute Gasteiger partial charge is 0.467 e. The Morgan fingerprint density at radius 2 is 2.07 bits per heavy atom. The molecule has 0 saturated heterocycles. The van der Waals surface area contributed by atoms with Gasteiger partial charge in [0.05, 0.1) is 16.8 Å². The van der Waals surface area contributed by atoms with Crippen LogP contribution in [0.5, 0.6) is 0 Å². The van der Waals surface area contributed by atoms with Crippen molar-refractivity contribution in [1.29, 1.82) is 0 Å². The third-order valence-corrected chi connectivity index (χ3v) is 3.00. The lowest BCUT2D eigenvalue weighted by molar-refractivity contribution is 0.488. The monoisotopic (exact) mass is 269 g/mol. The highest BCUT2D eigenvalue weighted by molar-refractivity contribution is 9.10. The van der Waals surface area contributed by atoms with E-state index < -0.39 is 6.04 Å². The van der Waals surface area contributed by atoms with Crippen LogP contribution in [0.1, 0.15) is 17.4 Å². The van der Waals surface area contributed by atoms with E-state index in [0.29, 0.717) is 15.8 Å². The van der Waals surface area contributed by atoms with Crippen molar-refractivity contribution in [3.63, 3.8) is 0 Å². The quantitative estimate of drug-likeness (QED) is 0.909. The molecule has 0 aliphatic heterocycles. The van der Waals surface area contributed by atoms with Crippen LogP contribution in [0.2, 0.25) is 0 Å². The SMILES string of the molecule is NC(c1ccco1)c1cccc(F)c1Br. The Kier molecular flexibility index (Phi) is 2.88. The minimum Gasteiger partial charge on any atom is -0.467 e. The van der Waals surface area contributed by atoms with Crippen LogP contribution in [0.25, 0.3) is 0 Å².